The molecule has 0 saturated carbocycles. The summed E-state index contributed by atoms with van der Waals surface area (Å²) in [7, 11) is 1.61. The van der Waals surface area contributed by atoms with Gasteiger partial charge in [0.2, 0.25) is 5.96 Å². The van der Waals surface area contributed by atoms with Gasteiger partial charge in [0.15, 0.2) is 0 Å². The molecule has 0 atom stereocenters. The number of amides is 1. The van der Waals surface area contributed by atoms with Crippen LogP contribution in [0.1, 0.15) is 61.3 Å². The fraction of sp³-hybridized carbons (Fsp3) is 0.370. The third kappa shape index (κ3) is 6.47. The summed E-state index contributed by atoms with van der Waals surface area (Å²) in [6.07, 6.45) is 3.02. The van der Waals surface area contributed by atoms with E-state index in [1.54, 1.807) is 7.11 Å². The molecule has 2 aromatic carbocycles. The minimum Gasteiger partial charge on any atom is -0.495 e. The molecule has 0 unspecified atom stereocenters. The van der Waals surface area contributed by atoms with Crippen molar-refractivity contribution in [3.63, 3.8) is 0 Å². The number of benzene rings is 2. The van der Waals surface area contributed by atoms with Gasteiger partial charge in [-0.3, -0.25) is 14.8 Å². The van der Waals surface area contributed by atoms with Crippen molar-refractivity contribution in [2.75, 3.05) is 12.4 Å². The summed E-state index contributed by atoms with van der Waals surface area (Å²) >= 11 is 0. The molecule has 7 heteroatoms. The number of aryl methyl sites for hydroxylation is 2. The topological polar surface area (TPSA) is 80.5 Å². The molecule has 2 N–H and O–H groups in total. The highest BCUT2D eigenvalue weighted by Gasteiger charge is 2.16. The van der Waals surface area contributed by atoms with E-state index in [9.17, 15) is 4.79 Å². The number of methoxy groups -OCH3 is 1. The van der Waals surface area contributed by atoms with Gasteiger partial charge in [0.1, 0.15) is 5.75 Å². The van der Waals surface area contributed by atoms with Gasteiger partial charge in [0.05, 0.1) is 25.0 Å². The first-order valence-corrected chi connectivity index (χ1v) is 11.6. The molecule has 3 rings (SSSR count). The number of ether oxygens (including phenoxy) is 1. The van der Waals surface area contributed by atoms with E-state index in [0.717, 1.165) is 24.2 Å². The highest BCUT2D eigenvalue weighted by atomic mass is 16.5. The van der Waals surface area contributed by atoms with Crippen LogP contribution in [-0.2, 0) is 18.5 Å². The van der Waals surface area contributed by atoms with Gasteiger partial charge < -0.3 is 10.1 Å². The highest BCUT2D eigenvalue weighted by molar-refractivity contribution is 6.10. The zero-order valence-electron chi connectivity index (χ0n) is 21.0. The van der Waals surface area contributed by atoms with Crippen molar-refractivity contribution in [3.05, 3.63) is 77.1 Å². The fourth-order valence-corrected chi connectivity index (χ4v) is 3.51. The van der Waals surface area contributed by atoms with Crippen LogP contribution in [0.15, 0.2) is 59.7 Å². The van der Waals surface area contributed by atoms with Crippen LogP contribution in [0, 0.1) is 6.92 Å². The molecule has 0 fully saturated rings. The van der Waals surface area contributed by atoms with Gasteiger partial charge in [-0.05, 0) is 48.6 Å². The number of aliphatic imine (C=N–C) groups is 1. The number of rotatable bonds is 7. The van der Waals surface area contributed by atoms with E-state index in [4.69, 9.17) is 4.74 Å². The van der Waals surface area contributed by atoms with E-state index in [1.807, 2.05) is 66.3 Å². The third-order valence-electron chi connectivity index (χ3n) is 5.51. The summed E-state index contributed by atoms with van der Waals surface area (Å²) in [5.74, 6) is 0.767. The highest BCUT2D eigenvalue weighted by Crippen LogP contribution is 2.24. The van der Waals surface area contributed by atoms with Crippen LogP contribution in [0.4, 0.5) is 5.69 Å². The van der Waals surface area contributed by atoms with Crippen molar-refractivity contribution >= 4 is 17.6 Å². The number of hydrogen-bond acceptors (Lipinski definition) is 4. The zero-order valence-corrected chi connectivity index (χ0v) is 21.0. The van der Waals surface area contributed by atoms with Crippen LogP contribution in [0.5, 0.6) is 5.75 Å². The Balaban J connectivity index is 1.85. The molecule has 0 radical (unpaired) electrons. The fourth-order valence-electron chi connectivity index (χ4n) is 3.51. The number of para-hydroxylation sites is 2. The van der Waals surface area contributed by atoms with E-state index in [0.29, 0.717) is 29.5 Å². The van der Waals surface area contributed by atoms with E-state index in [1.165, 1.54) is 5.56 Å². The lowest BCUT2D eigenvalue weighted by atomic mass is 9.87. The van der Waals surface area contributed by atoms with Crippen LogP contribution in [0.3, 0.4) is 0 Å². The number of hydrogen-bond donors (Lipinski definition) is 2. The smallest absolute Gasteiger partial charge is 0.257 e. The Kier molecular flexibility index (Phi) is 8.10. The maximum absolute atomic E-state index is 13.0. The second kappa shape index (κ2) is 11.0. The molecule has 1 aromatic heterocycles. The molecule has 0 spiro atoms. The molecule has 7 nitrogen and oxygen atoms in total. The number of nitrogens with zero attached hydrogens (tertiary/aromatic N) is 3. The van der Waals surface area contributed by atoms with Crippen molar-refractivity contribution in [1.29, 1.82) is 0 Å². The second-order valence-corrected chi connectivity index (χ2v) is 9.27. The quantitative estimate of drug-likeness (QED) is 0.369. The molecule has 34 heavy (non-hydrogen) atoms. The van der Waals surface area contributed by atoms with Gasteiger partial charge in [-0.15, -0.1) is 0 Å². The molecule has 0 aliphatic heterocycles. The van der Waals surface area contributed by atoms with Gasteiger partial charge in [0.25, 0.3) is 5.91 Å². The average Bonchev–Trinajstić information content (AvgIpc) is 3.16. The first-order valence-electron chi connectivity index (χ1n) is 11.6. The van der Waals surface area contributed by atoms with Crippen molar-refractivity contribution in [2.45, 2.75) is 59.5 Å². The summed E-state index contributed by atoms with van der Waals surface area (Å²) in [6.45, 7) is 11.8. The van der Waals surface area contributed by atoms with Crippen LogP contribution < -0.4 is 15.4 Å². The number of carbonyl (C=O) groups is 1. The SMILES string of the molecule is CCCn1cc(CN=C(NC(=O)c2ccc(C(C)(C)C)cc2)Nc2ccccc2OC)c(C)n1. The van der Waals surface area contributed by atoms with Gasteiger partial charge in [-0.25, -0.2) is 4.99 Å². The molecule has 0 saturated heterocycles. The second-order valence-electron chi connectivity index (χ2n) is 9.27. The molecule has 1 heterocycles. The minimum atomic E-state index is -0.236. The lowest BCUT2D eigenvalue weighted by molar-refractivity contribution is 0.0977. The van der Waals surface area contributed by atoms with Crippen molar-refractivity contribution < 1.29 is 9.53 Å². The predicted molar refractivity (Wildman–Crippen MR) is 138 cm³/mol. The molecule has 0 aliphatic carbocycles. The first kappa shape index (κ1) is 25.0. The van der Waals surface area contributed by atoms with Crippen molar-refractivity contribution in [1.82, 2.24) is 15.1 Å². The molecule has 3 aromatic rings. The Morgan fingerprint density at radius 2 is 1.82 bits per heavy atom. The lowest BCUT2D eigenvalue weighted by Crippen LogP contribution is -2.36. The Morgan fingerprint density at radius 3 is 2.47 bits per heavy atom. The van der Waals surface area contributed by atoms with Gasteiger partial charge in [0, 0.05) is 23.9 Å². The Labute approximate surface area is 202 Å². The summed E-state index contributed by atoms with van der Waals surface area (Å²) in [5, 5.41) is 10.7. The maximum atomic E-state index is 13.0. The predicted octanol–water partition coefficient (Wildman–Crippen LogP) is 5.31. The van der Waals surface area contributed by atoms with Gasteiger partial charge in [-0.2, -0.15) is 5.10 Å². The van der Waals surface area contributed by atoms with Crippen LogP contribution in [-0.4, -0.2) is 28.8 Å². The standard InChI is InChI=1S/C27H35N5O2/c1-7-16-32-18-21(19(2)31-32)17-28-26(29-23-10-8-9-11-24(23)34-6)30-25(33)20-12-14-22(15-13-20)27(3,4)5/h8-15,18H,7,16-17H2,1-6H3,(H2,28,29,30,33). The molecule has 0 bridgehead atoms. The Bertz CT molecular complexity index is 1140. The minimum absolute atomic E-state index is 0.0210. The van der Waals surface area contributed by atoms with E-state index in [2.05, 4.69) is 48.4 Å². The van der Waals surface area contributed by atoms with Crippen LogP contribution >= 0.6 is 0 Å². The number of carbonyl (C=O) groups excluding carboxylic acids is 1. The monoisotopic (exact) mass is 461 g/mol. The lowest BCUT2D eigenvalue weighted by Gasteiger charge is -2.19. The number of aromatic nitrogens is 2. The van der Waals surface area contributed by atoms with Crippen LogP contribution in [0.25, 0.3) is 0 Å². The summed E-state index contributed by atoms with van der Waals surface area (Å²) in [4.78, 5) is 17.7. The summed E-state index contributed by atoms with van der Waals surface area (Å²) in [5.41, 5.74) is 4.41. The third-order valence-corrected chi connectivity index (χ3v) is 5.51. The molecule has 0 aliphatic rings. The van der Waals surface area contributed by atoms with E-state index >= 15 is 0 Å². The number of anilines is 1. The Hall–Kier alpha value is -3.61. The molecule has 1 amide bonds. The number of guanidine groups is 1. The molecular weight excluding hydrogens is 426 g/mol. The molecular formula is C27H35N5O2. The zero-order chi connectivity index (χ0) is 24.7. The van der Waals surface area contributed by atoms with Gasteiger partial charge >= 0.3 is 0 Å². The van der Waals surface area contributed by atoms with E-state index < -0.39 is 0 Å². The first-order chi connectivity index (χ1) is 16.2. The normalized spacial score (nSPS) is 11.9. The van der Waals surface area contributed by atoms with Gasteiger partial charge in [-0.1, -0.05) is 52.0 Å². The molecule has 180 valence electrons. The van der Waals surface area contributed by atoms with Crippen molar-refractivity contribution in [3.8, 4) is 5.75 Å². The summed E-state index contributed by atoms with van der Waals surface area (Å²) < 4.78 is 7.38. The summed E-state index contributed by atoms with van der Waals surface area (Å²) in [6, 6.07) is 15.2. The maximum Gasteiger partial charge on any atom is 0.257 e. The largest absolute Gasteiger partial charge is 0.495 e. The Morgan fingerprint density at radius 1 is 1.12 bits per heavy atom. The van der Waals surface area contributed by atoms with Crippen molar-refractivity contribution in [2.24, 2.45) is 4.99 Å². The van der Waals surface area contributed by atoms with E-state index in [-0.39, 0.29) is 11.3 Å². The number of nitrogens with one attached hydrogen (secondary N) is 2. The average molecular weight is 462 g/mol. The van der Waals surface area contributed by atoms with Crippen LogP contribution in [0.2, 0.25) is 0 Å².